The molecule has 90 valence electrons. The third kappa shape index (κ3) is 3.79. The summed E-state index contributed by atoms with van der Waals surface area (Å²) >= 11 is 2.89. The monoisotopic (exact) mass is 296 g/mol. The van der Waals surface area contributed by atoms with Crippen molar-refractivity contribution >= 4 is 15.9 Å². The minimum atomic E-state index is -4.34. The normalized spacial score (nSPS) is 12.2. The van der Waals surface area contributed by atoms with E-state index < -0.39 is 11.7 Å². The SMILES string of the molecule is CC(C)OCc1ccc(Br)c(C(F)(F)F)c1. The van der Waals surface area contributed by atoms with Crippen LogP contribution in [0.1, 0.15) is 25.0 Å². The fourth-order valence-electron chi connectivity index (χ4n) is 1.14. The zero-order valence-corrected chi connectivity index (χ0v) is 10.5. The van der Waals surface area contributed by atoms with Crippen molar-refractivity contribution in [3.05, 3.63) is 33.8 Å². The summed E-state index contributed by atoms with van der Waals surface area (Å²) < 4.78 is 43.0. The molecule has 0 heterocycles. The van der Waals surface area contributed by atoms with Gasteiger partial charge in [-0.1, -0.05) is 22.0 Å². The van der Waals surface area contributed by atoms with E-state index in [0.717, 1.165) is 6.07 Å². The molecule has 0 aliphatic rings. The zero-order chi connectivity index (χ0) is 12.3. The van der Waals surface area contributed by atoms with Crippen molar-refractivity contribution in [1.29, 1.82) is 0 Å². The molecule has 1 rings (SSSR count). The lowest BCUT2D eigenvalue weighted by Crippen LogP contribution is -2.08. The lowest BCUT2D eigenvalue weighted by atomic mass is 10.1. The predicted molar refractivity (Wildman–Crippen MR) is 59.1 cm³/mol. The van der Waals surface area contributed by atoms with Gasteiger partial charge in [0.25, 0.3) is 0 Å². The Balaban J connectivity index is 2.90. The van der Waals surface area contributed by atoms with Gasteiger partial charge in [0.05, 0.1) is 18.3 Å². The molecule has 0 atom stereocenters. The van der Waals surface area contributed by atoms with Crippen LogP contribution in [-0.2, 0) is 17.5 Å². The summed E-state index contributed by atoms with van der Waals surface area (Å²) in [5.41, 5.74) is -0.151. The predicted octanol–water partition coefficient (Wildman–Crippen LogP) is 4.39. The third-order valence-corrected chi connectivity index (χ3v) is 2.61. The first-order valence-corrected chi connectivity index (χ1v) is 5.57. The molecule has 0 saturated carbocycles. The Morgan fingerprint density at radius 1 is 1.31 bits per heavy atom. The number of hydrogen-bond donors (Lipinski definition) is 0. The molecular formula is C11H12BrF3O. The highest BCUT2D eigenvalue weighted by Crippen LogP contribution is 2.35. The van der Waals surface area contributed by atoms with Crippen LogP contribution in [0.5, 0.6) is 0 Å². The topological polar surface area (TPSA) is 9.23 Å². The van der Waals surface area contributed by atoms with Crippen molar-refractivity contribution in [3.63, 3.8) is 0 Å². The largest absolute Gasteiger partial charge is 0.417 e. The van der Waals surface area contributed by atoms with E-state index in [2.05, 4.69) is 15.9 Å². The average Bonchev–Trinajstić information content (AvgIpc) is 2.14. The number of halogens is 4. The number of ether oxygens (including phenoxy) is 1. The molecule has 5 heteroatoms. The molecule has 0 amide bonds. The van der Waals surface area contributed by atoms with E-state index in [4.69, 9.17) is 4.74 Å². The molecule has 0 spiro atoms. The summed E-state index contributed by atoms with van der Waals surface area (Å²) in [5, 5.41) is 0. The molecule has 1 aromatic carbocycles. The van der Waals surface area contributed by atoms with Gasteiger partial charge in [-0.2, -0.15) is 13.2 Å². The Hall–Kier alpha value is -0.550. The third-order valence-electron chi connectivity index (χ3n) is 1.92. The Morgan fingerprint density at radius 2 is 1.94 bits per heavy atom. The van der Waals surface area contributed by atoms with Gasteiger partial charge in [-0.05, 0) is 31.5 Å². The summed E-state index contributed by atoms with van der Waals surface area (Å²) in [4.78, 5) is 0. The summed E-state index contributed by atoms with van der Waals surface area (Å²) in [6.45, 7) is 3.86. The molecule has 0 unspecified atom stereocenters. The quantitative estimate of drug-likeness (QED) is 0.804. The van der Waals surface area contributed by atoms with E-state index in [1.54, 1.807) is 6.07 Å². The highest BCUT2D eigenvalue weighted by molar-refractivity contribution is 9.10. The van der Waals surface area contributed by atoms with Gasteiger partial charge < -0.3 is 4.74 Å². The number of hydrogen-bond acceptors (Lipinski definition) is 1. The summed E-state index contributed by atoms with van der Waals surface area (Å²) in [6, 6.07) is 4.11. The number of benzene rings is 1. The zero-order valence-electron chi connectivity index (χ0n) is 8.94. The molecule has 0 saturated heterocycles. The highest BCUT2D eigenvalue weighted by Gasteiger charge is 2.33. The molecule has 0 N–H and O–H groups in total. The van der Waals surface area contributed by atoms with Crippen LogP contribution in [0, 0.1) is 0 Å². The first-order chi connectivity index (χ1) is 7.30. The van der Waals surface area contributed by atoms with E-state index in [9.17, 15) is 13.2 Å². The van der Waals surface area contributed by atoms with Gasteiger partial charge in [0.1, 0.15) is 0 Å². The minimum Gasteiger partial charge on any atom is -0.374 e. The van der Waals surface area contributed by atoms with Crippen molar-refractivity contribution in [2.45, 2.75) is 32.7 Å². The van der Waals surface area contributed by atoms with E-state index in [-0.39, 0.29) is 17.2 Å². The number of rotatable bonds is 3. The lowest BCUT2D eigenvalue weighted by molar-refractivity contribution is -0.138. The Bertz CT molecular complexity index is 361. The van der Waals surface area contributed by atoms with Crippen molar-refractivity contribution in [1.82, 2.24) is 0 Å². The second-order valence-electron chi connectivity index (χ2n) is 3.67. The van der Waals surface area contributed by atoms with Crippen LogP contribution >= 0.6 is 15.9 Å². The average molecular weight is 297 g/mol. The molecule has 1 aromatic rings. The first-order valence-electron chi connectivity index (χ1n) is 4.78. The molecule has 0 aliphatic heterocycles. The van der Waals surface area contributed by atoms with Gasteiger partial charge in [-0.3, -0.25) is 0 Å². The van der Waals surface area contributed by atoms with Crippen LogP contribution in [0.2, 0.25) is 0 Å². The molecular weight excluding hydrogens is 285 g/mol. The van der Waals surface area contributed by atoms with E-state index >= 15 is 0 Å². The van der Waals surface area contributed by atoms with Crippen molar-refractivity contribution in [2.24, 2.45) is 0 Å². The fourth-order valence-corrected chi connectivity index (χ4v) is 1.61. The molecule has 16 heavy (non-hydrogen) atoms. The fraction of sp³-hybridized carbons (Fsp3) is 0.455. The summed E-state index contributed by atoms with van der Waals surface area (Å²) in [5.74, 6) is 0. The van der Waals surface area contributed by atoms with Crippen LogP contribution in [0.4, 0.5) is 13.2 Å². The Kier molecular flexibility index (Phi) is 4.38. The van der Waals surface area contributed by atoms with Crippen LogP contribution in [0.3, 0.4) is 0 Å². The van der Waals surface area contributed by atoms with Crippen LogP contribution in [0.15, 0.2) is 22.7 Å². The molecule has 0 bridgehead atoms. The van der Waals surface area contributed by atoms with Crippen molar-refractivity contribution in [3.8, 4) is 0 Å². The molecule has 0 aromatic heterocycles. The van der Waals surface area contributed by atoms with E-state index in [0.29, 0.717) is 5.56 Å². The smallest absolute Gasteiger partial charge is 0.374 e. The second-order valence-corrected chi connectivity index (χ2v) is 4.53. The lowest BCUT2D eigenvalue weighted by Gasteiger charge is -2.12. The maximum atomic E-state index is 12.6. The van der Waals surface area contributed by atoms with Gasteiger partial charge in [0.2, 0.25) is 0 Å². The summed E-state index contributed by atoms with van der Waals surface area (Å²) in [7, 11) is 0. The molecule has 0 fully saturated rings. The van der Waals surface area contributed by atoms with Crippen LogP contribution in [0.25, 0.3) is 0 Å². The molecule has 0 aliphatic carbocycles. The van der Waals surface area contributed by atoms with Crippen LogP contribution in [-0.4, -0.2) is 6.10 Å². The number of alkyl halides is 3. The van der Waals surface area contributed by atoms with Crippen LogP contribution < -0.4 is 0 Å². The molecule has 0 radical (unpaired) electrons. The maximum absolute atomic E-state index is 12.6. The van der Waals surface area contributed by atoms with E-state index in [1.165, 1.54) is 6.07 Å². The van der Waals surface area contributed by atoms with Gasteiger partial charge in [-0.25, -0.2) is 0 Å². The standard InChI is InChI=1S/C11H12BrF3O/c1-7(2)16-6-8-3-4-10(12)9(5-8)11(13,14)15/h3-5,7H,6H2,1-2H3. The van der Waals surface area contributed by atoms with Gasteiger partial charge >= 0.3 is 6.18 Å². The van der Waals surface area contributed by atoms with Gasteiger partial charge in [-0.15, -0.1) is 0 Å². The Labute approximate surface area is 101 Å². The Morgan fingerprint density at radius 3 is 2.44 bits per heavy atom. The maximum Gasteiger partial charge on any atom is 0.417 e. The molecule has 1 nitrogen and oxygen atoms in total. The first kappa shape index (κ1) is 13.5. The second kappa shape index (κ2) is 5.19. The van der Waals surface area contributed by atoms with Gasteiger partial charge in [0, 0.05) is 4.47 Å². The van der Waals surface area contributed by atoms with Crippen molar-refractivity contribution in [2.75, 3.05) is 0 Å². The van der Waals surface area contributed by atoms with Gasteiger partial charge in [0.15, 0.2) is 0 Å². The highest BCUT2D eigenvalue weighted by atomic mass is 79.9. The summed E-state index contributed by atoms with van der Waals surface area (Å²) in [6.07, 6.45) is -4.34. The van der Waals surface area contributed by atoms with Crippen molar-refractivity contribution < 1.29 is 17.9 Å². The minimum absolute atomic E-state index is 0.00187. The van der Waals surface area contributed by atoms with E-state index in [1.807, 2.05) is 13.8 Å².